The SMILES string of the molecule is CCOC(=O)C1=C(C)N=c2s/c(=C/c3cc(C)n(-c4ccc(-c5ccccc5)cc4)c3C)c(=O)n2[C@@H]1c1ccc(OC)c(Br)c1. The lowest BCUT2D eigenvalue weighted by Gasteiger charge is -2.25. The summed E-state index contributed by atoms with van der Waals surface area (Å²) in [5.41, 5.74) is 7.76. The average molecular weight is 683 g/mol. The van der Waals surface area contributed by atoms with Crippen LogP contribution in [-0.4, -0.2) is 28.8 Å². The van der Waals surface area contributed by atoms with E-state index in [0.29, 0.717) is 30.8 Å². The lowest BCUT2D eigenvalue weighted by atomic mass is 9.96. The highest BCUT2D eigenvalue weighted by molar-refractivity contribution is 9.10. The molecule has 228 valence electrons. The highest BCUT2D eigenvalue weighted by Gasteiger charge is 2.33. The van der Waals surface area contributed by atoms with Gasteiger partial charge in [0.05, 0.1) is 40.0 Å². The molecular formula is C36H32BrN3O4S. The third-order valence-electron chi connectivity index (χ3n) is 8.00. The zero-order chi connectivity index (χ0) is 31.8. The standard InChI is InChI=1S/C36H32BrN3O4S/c1-6-44-35(42)32-22(3)38-36-40(33(32)26-14-17-30(43-5)29(37)19-26)34(41)31(45-36)20-27-18-21(2)39(23(27)4)28-15-12-25(13-16-28)24-10-8-7-9-11-24/h7-20,33H,6H2,1-5H3/b31-20+/t33-/m1/s1. The van der Waals surface area contributed by atoms with Crippen LogP contribution in [0.25, 0.3) is 22.9 Å². The van der Waals surface area contributed by atoms with Gasteiger partial charge < -0.3 is 14.0 Å². The first-order chi connectivity index (χ1) is 21.7. The van der Waals surface area contributed by atoms with Crippen LogP contribution in [-0.2, 0) is 9.53 Å². The molecule has 0 aliphatic carbocycles. The van der Waals surface area contributed by atoms with Gasteiger partial charge in [-0.3, -0.25) is 9.36 Å². The lowest BCUT2D eigenvalue weighted by Crippen LogP contribution is -2.40. The molecule has 6 rings (SSSR count). The highest BCUT2D eigenvalue weighted by atomic mass is 79.9. The van der Waals surface area contributed by atoms with Gasteiger partial charge in [0.15, 0.2) is 4.80 Å². The van der Waals surface area contributed by atoms with E-state index < -0.39 is 12.0 Å². The number of methoxy groups -OCH3 is 1. The minimum absolute atomic E-state index is 0.212. The predicted molar refractivity (Wildman–Crippen MR) is 182 cm³/mol. The summed E-state index contributed by atoms with van der Waals surface area (Å²) in [5.74, 6) is 0.154. The van der Waals surface area contributed by atoms with E-state index >= 15 is 0 Å². The molecule has 3 aromatic carbocycles. The summed E-state index contributed by atoms with van der Waals surface area (Å²) in [6, 6.07) is 25.7. The van der Waals surface area contributed by atoms with Gasteiger partial charge in [-0.25, -0.2) is 9.79 Å². The molecule has 5 aromatic rings. The lowest BCUT2D eigenvalue weighted by molar-refractivity contribution is -0.139. The smallest absolute Gasteiger partial charge is 0.338 e. The summed E-state index contributed by atoms with van der Waals surface area (Å²) in [6.45, 7) is 7.88. The second-order valence-corrected chi connectivity index (χ2v) is 12.6. The number of hydrogen-bond donors (Lipinski definition) is 0. The third kappa shape index (κ3) is 5.62. The Bertz CT molecular complexity index is 2140. The number of carbonyl (C=O) groups is 1. The fraction of sp³-hybridized carbons (Fsp3) is 0.194. The van der Waals surface area contributed by atoms with Crippen molar-refractivity contribution in [2.75, 3.05) is 13.7 Å². The molecule has 1 aliphatic rings. The highest BCUT2D eigenvalue weighted by Crippen LogP contribution is 2.35. The van der Waals surface area contributed by atoms with Crippen molar-refractivity contribution in [3.8, 4) is 22.6 Å². The van der Waals surface area contributed by atoms with Crippen molar-refractivity contribution in [2.24, 2.45) is 4.99 Å². The van der Waals surface area contributed by atoms with Gasteiger partial charge in [-0.05, 0) is 102 Å². The second-order valence-electron chi connectivity index (χ2n) is 10.8. The molecule has 0 fully saturated rings. The number of aromatic nitrogens is 2. The van der Waals surface area contributed by atoms with E-state index in [0.717, 1.165) is 33.8 Å². The number of allylic oxidation sites excluding steroid dienone is 1. The number of thiazole rings is 1. The Kier molecular flexibility index (Phi) is 8.48. The first-order valence-corrected chi connectivity index (χ1v) is 16.2. The minimum atomic E-state index is -0.708. The molecule has 1 atom stereocenters. The number of carbonyl (C=O) groups excluding carboxylic acids is 1. The van der Waals surface area contributed by atoms with Crippen LogP contribution in [0.1, 0.15) is 42.4 Å². The summed E-state index contributed by atoms with van der Waals surface area (Å²) in [5, 5.41) is 0. The number of halogens is 1. The van der Waals surface area contributed by atoms with Gasteiger partial charge in [-0.1, -0.05) is 59.9 Å². The molecule has 9 heteroatoms. The molecule has 0 radical (unpaired) electrons. The Labute approximate surface area is 273 Å². The van der Waals surface area contributed by atoms with E-state index in [-0.39, 0.29) is 12.2 Å². The summed E-state index contributed by atoms with van der Waals surface area (Å²) in [4.78, 5) is 32.6. The van der Waals surface area contributed by atoms with E-state index in [1.807, 2.05) is 42.5 Å². The maximum absolute atomic E-state index is 14.2. The molecule has 0 spiro atoms. The zero-order valence-corrected chi connectivity index (χ0v) is 28.0. The number of ether oxygens (including phenoxy) is 2. The quantitative estimate of drug-likeness (QED) is 0.181. The second kappa shape index (κ2) is 12.5. The van der Waals surface area contributed by atoms with Crippen molar-refractivity contribution in [2.45, 2.75) is 33.7 Å². The number of benzene rings is 3. The van der Waals surface area contributed by atoms with Gasteiger partial charge >= 0.3 is 5.97 Å². The predicted octanol–water partition coefficient (Wildman–Crippen LogP) is 6.64. The van der Waals surface area contributed by atoms with Gasteiger partial charge in [0, 0.05) is 17.1 Å². The molecule has 0 unspecified atom stereocenters. The Morgan fingerprint density at radius 1 is 1.00 bits per heavy atom. The fourth-order valence-electron chi connectivity index (χ4n) is 5.87. The van der Waals surface area contributed by atoms with Gasteiger partial charge in [-0.2, -0.15) is 0 Å². The number of fused-ring (bicyclic) bond motifs is 1. The van der Waals surface area contributed by atoms with E-state index in [4.69, 9.17) is 14.5 Å². The van der Waals surface area contributed by atoms with Crippen molar-refractivity contribution < 1.29 is 14.3 Å². The summed E-state index contributed by atoms with van der Waals surface area (Å²) >= 11 is 4.88. The first-order valence-electron chi connectivity index (χ1n) is 14.6. The van der Waals surface area contributed by atoms with E-state index in [1.165, 1.54) is 16.9 Å². The van der Waals surface area contributed by atoms with Crippen LogP contribution in [0, 0.1) is 13.8 Å². The largest absolute Gasteiger partial charge is 0.496 e. The molecule has 7 nitrogen and oxygen atoms in total. The Morgan fingerprint density at radius 2 is 1.71 bits per heavy atom. The monoisotopic (exact) mass is 681 g/mol. The van der Waals surface area contributed by atoms with E-state index in [9.17, 15) is 9.59 Å². The average Bonchev–Trinajstić information content (AvgIpc) is 3.50. The fourth-order valence-corrected chi connectivity index (χ4v) is 7.46. The number of hydrogen-bond acceptors (Lipinski definition) is 6. The Balaban J connectivity index is 1.45. The van der Waals surface area contributed by atoms with Crippen LogP contribution in [0.5, 0.6) is 5.75 Å². The molecule has 0 N–H and O–H groups in total. The topological polar surface area (TPSA) is 74.8 Å². The number of aryl methyl sites for hydroxylation is 1. The van der Waals surface area contributed by atoms with Crippen molar-refractivity contribution >= 4 is 39.3 Å². The molecule has 0 saturated heterocycles. The molecule has 0 saturated carbocycles. The zero-order valence-electron chi connectivity index (χ0n) is 25.6. The molecule has 3 heterocycles. The third-order valence-corrected chi connectivity index (χ3v) is 9.60. The maximum atomic E-state index is 14.2. The number of esters is 1. The molecule has 0 bridgehead atoms. The van der Waals surface area contributed by atoms with Crippen molar-refractivity contribution in [1.29, 1.82) is 0 Å². The van der Waals surface area contributed by atoms with Crippen LogP contribution in [0.3, 0.4) is 0 Å². The Morgan fingerprint density at radius 3 is 2.38 bits per heavy atom. The molecule has 2 aromatic heterocycles. The van der Waals surface area contributed by atoms with Crippen LogP contribution in [0.15, 0.2) is 104 Å². The molecule has 0 amide bonds. The van der Waals surface area contributed by atoms with Crippen LogP contribution in [0.2, 0.25) is 0 Å². The van der Waals surface area contributed by atoms with Gasteiger partial charge in [0.1, 0.15) is 5.75 Å². The molecule has 1 aliphatic heterocycles. The van der Waals surface area contributed by atoms with Crippen LogP contribution < -0.4 is 19.6 Å². The number of rotatable bonds is 7. The summed E-state index contributed by atoms with van der Waals surface area (Å²) in [7, 11) is 1.59. The van der Waals surface area contributed by atoms with Crippen molar-refractivity contribution in [3.05, 3.63) is 137 Å². The van der Waals surface area contributed by atoms with Crippen molar-refractivity contribution in [3.63, 3.8) is 0 Å². The molecular weight excluding hydrogens is 650 g/mol. The van der Waals surface area contributed by atoms with Crippen molar-refractivity contribution in [1.82, 2.24) is 9.13 Å². The first kappa shape index (κ1) is 30.6. The molecule has 45 heavy (non-hydrogen) atoms. The van der Waals surface area contributed by atoms with Gasteiger partial charge in [0.25, 0.3) is 5.56 Å². The van der Waals surface area contributed by atoms with E-state index in [2.05, 4.69) is 76.8 Å². The van der Waals surface area contributed by atoms with Crippen LogP contribution in [0.4, 0.5) is 0 Å². The maximum Gasteiger partial charge on any atom is 0.338 e. The van der Waals surface area contributed by atoms with Gasteiger partial charge in [-0.15, -0.1) is 0 Å². The van der Waals surface area contributed by atoms with Gasteiger partial charge in [0.2, 0.25) is 0 Å². The Hall–Kier alpha value is -4.47. The summed E-state index contributed by atoms with van der Waals surface area (Å²) in [6.07, 6.45) is 1.92. The van der Waals surface area contributed by atoms with E-state index in [1.54, 1.807) is 25.5 Å². The minimum Gasteiger partial charge on any atom is -0.496 e. The number of nitrogens with zero attached hydrogens (tertiary/aromatic N) is 3. The van der Waals surface area contributed by atoms with Crippen LogP contribution >= 0.6 is 27.3 Å². The summed E-state index contributed by atoms with van der Waals surface area (Å²) < 4.78 is 15.9. The normalized spacial score (nSPS) is 14.7.